The summed E-state index contributed by atoms with van der Waals surface area (Å²) in [6.07, 6.45) is 0.508. The monoisotopic (exact) mass is 424 g/mol. The van der Waals surface area contributed by atoms with Crippen LogP contribution >= 0.6 is 22.7 Å². The lowest BCUT2D eigenvalue weighted by atomic mass is 10.2. The minimum Gasteiger partial charge on any atom is -0.361 e. The SMILES string of the molecule is Cc1cc(C(=O)Nc2nc3c(s2)CN(S(=O)(=O)c2ccc(C)s2)CC3)no1. The lowest BCUT2D eigenvalue weighted by molar-refractivity contribution is 0.101. The van der Waals surface area contributed by atoms with Gasteiger partial charge in [-0.2, -0.15) is 4.31 Å². The third-order valence-corrected chi connectivity index (χ3v) is 8.40. The Kier molecular flexibility index (Phi) is 4.62. The molecule has 27 heavy (non-hydrogen) atoms. The van der Waals surface area contributed by atoms with Crippen LogP contribution in [0.3, 0.4) is 0 Å². The number of sulfonamides is 1. The van der Waals surface area contributed by atoms with E-state index in [2.05, 4.69) is 15.5 Å². The van der Waals surface area contributed by atoms with Gasteiger partial charge >= 0.3 is 0 Å². The van der Waals surface area contributed by atoms with Crippen LogP contribution in [0, 0.1) is 13.8 Å². The van der Waals surface area contributed by atoms with Gasteiger partial charge in [0.2, 0.25) is 0 Å². The molecule has 1 amide bonds. The Balaban J connectivity index is 1.51. The molecule has 4 rings (SSSR count). The van der Waals surface area contributed by atoms with Crippen LogP contribution in [-0.4, -0.2) is 35.3 Å². The van der Waals surface area contributed by atoms with Gasteiger partial charge in [-0.15, -0.1) is 22.7 Å². The van der Waals surface area contributed by atoms with Crippen molar-refractivity contribution in [2.24, 2.45) is 0 Å². The number of amides is 1. The Morgan fingerprint density at radius 3 is 2.78 bits per heavy atom. The first-order valence-electron chi connectivity index (χ1n) is 8.13. The molecule has 0 fully saturated rings. The molecule has 8 nitrogen and oxygen atoms in total. The average Bonchev–Trinajstić information content (AvgIpc) is 3.33. The van der Waals surface area contributed by atoms with Gasteiger partial charge in [-0.3, -0.25) is 10.1 Å². The Hall–Kier alpha value is -2.08. The molecule has 1 aliphatic heterocycles. The van der Waals surface area contributed by atoms with Crippen molar-refractivity contribution in [3.05, 3.63) is 45.1 Å². The van der Waals surface area contributed by atoms with Crippen LogP contribution in [0.1, 0.15) is 31.7 Å². The number of nitrogens with one attached hydrogen (secondary N) is 1. The first-order chi connectivity index (χ1) is 12.8. The average molecular weight is 425 g/mol. The Morgan fingerprint density at radius 1 is 1.30 bits per heavy atom. The van der Waals surface area contributed by atoms with Crippen LogP contribution in [0.4, 0.5) is 5.13 Å². The Morgan fingerprint density at radius 2 is 2.11 bits per heavy atom. The fourth-order valence-corrected chi connectivity index (χ4v) is 6.69. The molecule has 0 atom stereocenters. The van der Waals surface area contributed by atoms with Gasteiger partial charge in [0.25, 0.3) is 15.9 Å². The lowest BCUT2D eigenvalue weighted by Gasteiger charge is -2.24. The Bertz CT molecular complexity index is 1110. The molecule has 0 spiro atoms. The van der Waals surface area contributed by atoms with Crippen LogP contribution in [0.2, 0.25) is 0 Å². The number of aromatic nitrogens is 2. The molecule has 0 unspecified atom stereocenters. The molecule has 11 heteroatoms. The summed E-state index contributed by atoms with van der Waals surface area (Å²) in [6, 6.07) is 4.99. The second kappa shape index (κ2) is 6.82. The molecule has 0 saturated carbocycles. The van der Waals surface area contributed by atoms with Gasteiger partial charge in [0.1, 0.15) is 9.97 Å². The van der Waals surface area contributed by atoms with Crippen molar-refractivity contribution in [3.63, 3.8) is 0 Å². The smallest absolute Gasteiger partial charge is 0.279 e. The summed E-state index contributed by atoms with van der Waals surface area (Å²) in [6.45, 7) is 4.21. The molecule has 0 aliphatic carbocycles. The molecule has 1 N–H and O–H groups in total. The van der Waals surface area contributed by atoms with Gasteiger partial charge in [0.15, 0.2) is 10.8 Å². The largest absolute Gasteiger partial charge is 0.361 e. The highest BCUT2D eigenvalue weighted by atomic mass is 32.2. The number of thiophene rings is 1. The molecule has 0 radical (unpaired) electrons. The quantitative estimate of drug-likeness (QED) is 0.690. The zero-order valence-corrected chi connectivity index (χ0v) is 17.0. The predicted molar refractivity (Wildman–Crippen MR) is 102 cm³/mol. The number of hydrogen-bond donors (Lipinski definition) is 1. The Labute approximate surface area is 163 Å². The number of fused-ring (bicyclic) bond motifs is 1. The standard InChI is InChI=1S/C16H16N4O4S3/c1-9-7-12(19-24-9)15(21)18-16-17-11-5-6-20(8-13(11)26-16)27(22,23)14-4-3-10(2)25-14/h3-4,7H,5-6,8H2,1-2H3,(H,17,18,21). The van der Waals surface area contributed by atoms with E-state index < -0.39 is 15.9 Å². The number of anilines is 1. The van der Waals surface area contributed by atoms with E-state index in [1.54, 1.807) is 25.1 Å². The van der Waals surface area contributed by atoms with E-state index in [-0.39, 0.29) is 12.2 Å². The van der Waals surface area contributed by atoms with E-state index in [9.17, 15) is 13.2 Å². The third kappa shape index (κ3) is 3.55. The second-order valence-electron chi connectivity index (χ2n) is 6.12. The van der Waals surface area contributed by atoms with Crippen molar-refractivity contribution < 1.29 is 17.7 Å². The molecule has 0 saturated heterocycles. The first-order valence-corrected chi connectivity index (χ1v) is 11.2. The predicted octanol–water partition coefficient (Wildman–Crippen LogP) is 2.81. The molecule has 3 aromatic heterocycles. The van der Waals surface area contributed by atoms with E-state index in [0.717, 1.165) is 15.4 Å². The summed E-state index contributed by atoms with van der Waals surface area (Å²) < 4.78 is 32.3. The van der Waals surface area contributed by atoms with Crippen molar-refractivity contribution >= 4 is 43.7 Å². The molecular weight excluding hydrogens is 408 g/mol. The third-order valence-electron chi connectivity index (χ3n) is 4.09. The minimum absolute atomic E-state index is 0.179. The van der Waals surface area contributed by atoms with E-state index in [4.69, 9.17) is 4.52 Å². The molecule has 142 valence electrons. The maximum absolute atomic E-state index is 12.8. The zero-order chi connectivity index (χ0) is 19.2. The maximum atomic E-state index is 12.8. The summed E-state index contributed by atoms with van der Waals surface area (Å²) in [7, 11) is -3.52. The number of carbonyl (C=O) groups is 1. The zero-order valence-electron chi connectivity index (χ0n) is 14.6. The van der Waals surface area contributed by atoms with Crippen molar-refractivity contribution in [1.29, 1.82) is 0 Å². The van der Waals surface area contributed by atoms with Crippen LogP contribution in [0.25, 0.3) is 0 Å². The van der Waals surface area contributed by atoms with Crippen LogP contribution in [-0.2, 0) is 23.0 Å². The maximum Gasteiger partial charge on any atom is 0.279 e. The van der Waals surface area contributed by atoms with Gasteiger partial charge in [0.05, 0.1) is 12.2 Å². The summed E-state index contributed by atoms with van der Waals surface area (Å²) in [5.41, 5.74) is 0.999. The molecule has 1 aliphatic rings. The van der Waals surface area contributed by atoms with Crippen molar-refractivity contribution in [3.8, 4) is 0 Å². The van der Waals surface area contributed by atoms with Crippen LogP contribution < -0.4 is 5.32 Å². The van der Waals surface area contributed by atoms with E-state index in [0.29, 0.717) is 28.1 Å². The van der Waals surface area contributed by atoms with Crippen LogP contribution in [0.5, 0.6) is 0 Å². The van der Waals surface area contributed by atoms with Crippen molar-refractivity contribution in [2.75, 3.05) is 11.9 Å². The normalized spacial score (nSPS) is 14.9. The van der Waals surface area contributed by atoms with E-state index in [1.165, 1.54) is 27.0 Å². The van der Waals surface area contributed by atoms with E-state index in [1.807, 2.05) is 6.92 Å². The topological polar surface area (TPSA) is 105 Å². The van der Waals surface area contributed by atoms with Crippen molar-refractivity contribution in [1.82, 2.24) is 14.4 Å². The lowest BCUT2D eigenvalue weighted by Crippen LogP contribution is -2.35. The number of carbonyl (C=O) groups excluding carboxylic acids is 1. The number of aryl methyl sites for hydroxylation is 2. The summed E-state index contributed by atoms with van der Waals surface area (Å²) >= 11 is 2.55. The highest BCUT2D eigenvalue weighted by Crippen LogP contribution is 2.32. The van der Waals surface area contributed by atoms with Gasteiger partial charge in [0, 0.05) is 28.8 Å². The van der Waals surface area contributed by atoms with Gasteiger partial charge < -0.3 is 4.52 Å². The molecule has 0 bridgehead atoms. The van der Waals surface area contributed by atoms with E-state index >= 15 is 0 Å². The number of nitrogens with zero attached hydrogens (tertiary/aromatic N) is 3. The molecule has 3 aromatic rings. The fraction of sp³-hybridized carbons (Fsp3) is 0.312. The number of hydrogen-bond acceptors (Lipinski definition) is 8. The molecule has 4 heterocycles. The fourth-order valence-electron chi connectivity index (χ4n) is 2.74. The second-order valence-corrected chi connectivity index (χ2v) is 10.7. The number of thiazole rings is 1. The van der Waals surface area contributed by atoms with Crippen LogP contribution in [0.15, 0.2) is 26.9 Å². The highest BCUT2D eigenvalue weighted by Gasteiger charge is 2.31. The minimum atomic E-state index is -3.52. The summed E-state index contributed by atoms with van der Waals surface area (Å²) in [5.74, 6) is 0.139. The van der Waals surface area contributed by atoms with Gasteiger partial charge in [-0.05, 0) is 26.0 Å². The number of rotatable bonds is 4. The highest BCUT2D eigenvalue weighted by molar-refractivity contribution is 7.91. The molecule has 0 aromatic carbocycles. The van der Waals surface area contributed by atoms with Gasteiger partial charge in [-0.25, -0.2) is 13.4 Å². The van der Waals surface area contributed by atoms with Gasteiger partial charge in [-0.1, -0.05) is 5.16 Å². The summed E-state index contributed by atoms with van der Waals surface area (Å²) in [4.78, 5) is 18.4. The first kappa shape index (κ1) is 18.3. The van der Waals surface area contributed by atoms with Crippen molar-refractivity contribution in [2.45, 2.75) is 31.0 Å². The molecular formula is C16H16N4O4S3. The summed E-state index contributed by atoms with van der Waals surface area (Å²) in [5, 5.41) is 6.80.